The van der Waals surface area contributed by atoms with Crippen molar-refractivity contribution in [1.82, 2.24) is 4.98 Å². The monoisotopic (exact) mass is 424 g/mol. The molecular weight excluding hydrogens is 398 g/mol. The zero-order valence-corrected chi connectivity index (χ0v) is 18.3. The predicted octanol–water partition coefficient (Wildman–Crippen LogP) is 6.33. The van der Waals surface area contributed by atoms with Gasteiger partial charge in [0.15, 0.2) is 0 Å². The lowest BCUT2D eigenvalue weighted by atomic mass is 9.95. The van der Waals surface area contributed by atoms with Gasteiger partial charge in [0.05, 0.1) is 0 Å². The third kappa shape index (κ3) is 4.74. The minimum absolute atomic E-state index is 0.213. The van der Waals surface area contributed by atoms with Crippen molar-refractivity contribution in [1.29, 1.82) is 0 Å². The second kappa shape index (κ2) is 8.84. The standard InChI is InChI=1S/C23H20F2N2O2.C2H6/c1-13-9-19-15(11-23(2,3)29-19)10-16(13)14-7-8-20(26-12-14)27-22(28)21-17(24)5-4-6-18(21)25;1-2/h4-10,12H,11H2,1-3H3,(H,26,27,28);1-2H3. The van der Waals surface area contributed by atoms with Crippen LogP contribution in [0.3, 0.4) is 0 Å². The predicted molar refractivity (Wildman–Crippen MR) is 118 cm³/mol. The van der Waals surface area contributed by atoms with Gasteiger partial charge in [-0.05, 0) is 73.9 Å². The molecule has 4 rings (SSSR count). The number of pyridine rings is 1. The number of aryl methyl sites for hydroxylation is 1. The van der Waals surface area contributed by atoms with Crippen molar-refractivity contribution in [2.45, 2.75) is 46.6 Å². The average Bonchev–Trinajstić information content (AvgIpc) is 3.02. The summed E-state index contributed by atoms with van der Waals surface area (Å²) in [6.07, 6.45) is 2.45. The fraction of sp³-hybridized carbons (Fsp3) is 0.280. The van der Waals surface area contributed by atoms with Crippen LogP contribution < -0.4 is 10.1 Å². The van der Waals surface area contributed by atoms with Gasteiger partial charge in [0.25, 0.3) is 5.91 Å². The van der Waals surface area contributed by atoms with E-state index in [1.165, 1.54) is 6.07 Å². The number of fused-ring (bicyclic) bond motifs is 1. The molecule has 0 saturated heterocycles. The lowest BCUT2D eigenvalue weighted by Gasteiger charge is -2.16. The highest BCUT2D eigenvalue weighted by Gasteiger charge is 2.30. The maximum absolute atomic E-state index is 13.8. The zero-order chi connectivity index (χ0) is 22.8. The third-order valence-corrected chi connectivity index (χ3v) is 4.92. The van der Waals surface area contributed by atoms with Crippen LogP contribution in [0.5, 0.6) is 5.75 Å². The van der Waals surface area contributed by atoms with Gasteiger partial charge in [-0.25, -0.2) is 13.8 Å². The van der Waals surface area contributed by atoms with Gasteiger partial charge in [0.2, 0.25) is 0 Å². The minimum atomic E-state index is -0.918. The number of aromatic nitrogens is 1. The molecule has 0 radical (unpaired) electrons. The van der Waals surface area contributed by atoms with Crippen molar-refractivity contribution in [2.75, 3.05) is 5.32 Å². The van der Waals surface area contributed by atoms with Crippen molar-refractivity contribution in [3.8, 4) is 16.9 Å². The Balaban J connectivity index is 0.00000132. The maximum Gasteiger partial charge on any atom is 0.262 e. The average molecular weight is 424 g/mol. The molecule has 1 amide bonds. The Kier molecular flexibility index (Phi) is 6.39. The summed E-state index contributed by atoms with van der Waals surface area (Å²) in [5.41, 5.74) is 3.24. The Morgan fingerprint density at radius 1 is 1.10 bits per heavy atom. The Labute approximate surface area is 181 Å². The topological polar surface area (TPSA) is 51.2 Å². The van der Waals surface area contributed by atoms with Crippen LogP contribution in [-0.4, -0.2) is 16.5 Å². The van der Waals surface area contributed by atoms with Crippen molar-refractivity contribution in [3.63, 3.8) is 0 Å². The van der Waals surface area contributed by atoms with Crippen molar-refractivity contribution in [2.24, 2.45) is 0 Å². The van der Waals surface area contributed by atoms with Gasteiger partial charge in [-0.15, -0.1) is 0 Å². The van der Waals surface area contributed by atoms with E-state index in [0.29, 0.717) is 0 Å². The van der Waals surface area contributed by atoms with Gasteiger partial charge in [0.1, 0.15) is 34.4 Å². The molecule has 3 aromatic rings. The van der Waals surface area contributed by atoms with Crippen molar-refractivity contribution < 1.29 is 18.3 Å². The minimum Gasteiger partial charge on any atom is -0.487 e. The van der Waals surface area contributed by atoms with Crippen LogP contribution in [-0.2, 0) is 6.42 Å². The molecular formula is C25H26F2N2O2. The van der Waals surface area contributed by atoms with Crippen LogP contribution in [0.15, 0.2) is 48.7 Å². The smallest absolute Gasteiger partial charge is 0.262 e. The van der Waals surface area contributed by atoms with E-state index in [1.807, 2.05) is 32.9 Å². The highest BCUT2D eigenvalue weighted by atomic mass is 19.1. The van der Waals surface area contributed by atoms with E-state index in [2.05, 4.69) is 30.2 Å². The molecule has 31 heavy (non-hydrogen) atoms. The Hall–Kier alpha value is -3.28. The quantitative estimate of drug-likeness (QED) is 0.535. The largest absolute Gasteiger partial charge is 0.487 e. The summed E-state index contributed by atoms with van der Waals surface area (Å²) >= 11 is 0. The molecule has 0 saturated carbocycles. The second-order valence-electron chi connectivity index (χ2n) is 7.80. The summed E-state index contributed by atoms with van der Waals surface area (Å²) in [6, 6.07) is 10.8. The summed E-state index contributed by atoms with van der Waals surface area (Å²) in [5, 5.41) is 2.44. The fourth-order valence-electron chi connectivity index (χ4n) is 3.58. The number of rotatable bonds is 3. The molecule has 0 spiro atoms. The Morgan fingerprint density at radius 3 is 2.39 bits per heavy atom. The van der Waals surface area contributed by atoms with Crippen LogP contribution in [0.2, 0.25) is 0 Å². The number of hydrogen-bond donors (Lipinski definition) is 1. The van der Waals surface area contributed by atoms with E-state index >= 15 is 0 Å². The van der Waals surface area contributed by atoms with E-state index in [4.69, 9.17) is 4.74 Å². The van der Waals surface area contributed by atoms with E-state index in [1.54, 1.807) is 12.3 Å². The fourth-order valence-corrected chi connectivity index (χ4v) is 3.58. The molecule has 0 fully saturated rings. The molecule has 0 unspecified atom stereocenters. The number of anilines is 1. The number of benzene rings is 2. The van der Waals surface area contributed by atoms with Gasteiger partial charge in [-0.2, -0.15) is 0 Å². The van der Waals surface area contributed by atoms with Gasteiger partial charge < -0.3 is 10.1 Å². The molecule has 2 aromatic carbocycles. The summed E-state index contributed by atoms with van der Waals surface area (Å²) in [7, 11) is 0. The number of carbonyl (C=O) groups excluding carboxylic acids is 1. The van der Waals surface area contributed by atoms with E-state index in [0.717, 1.165) is 46.6 Å². The number of nitrogens with zero attached hydrogens (tertiary/aromatic N) is 1. The van der Waals surface area contributed by atoms with Crippen LogP contribution in [0.25, 0.3) is 11.1 Å². The lowest BCUT2D eigenvalue weighted by Crippen LogP contribution is -2.24. The van der Waals surface area contributed by atoms with Crippen molar-refractivity contribution >= 4 is 11.7 Å². The van der Waals surface area contributed by atoms with Crippen molar-refractivity contribution in [3.05, 3.63) is 77.0 Å². The molecule has 1 aromatic heterocycles. The van der Waals surface area contributed by atoms with E-state index in [-0.39, 0.29) is 11.4 Å². The van der Waals surface area contributed by atoms with Gasteiger partial charge in [-0.3, -0.25) is 4.79 Å². The Morgan fingerprint density at radius 2 is 1.77 bits per heavy atom. The first-order valence-corrected chi connectivity index (χ1v) is 10.3. The van der Waals surface area contributed by atoms with Crippen LogP contribution in [0.1, 0.15) is 49.2 Å². The van der Waals surface area contributed by atoms with Gasteiger partial charge >= 0.3 is 0 Å². The molecule has 0 bridgehead atoms. The highest BCUT2D eigenvalue weighted by molar-refractivity contribution is 6.04. The van der Waals surface area contributed by atoms with Gasteiger partial charge in [0, 0.05) is 18.2 Å². The Bertz CT molecular complexity index is 1090. The van der Waals surface area contributed by atoms with E-state index < -0.39 is 23.1 Å². The first-order valence-electron chi connectivity index (χ1n) is 10.3. The summed E-state index contributed by atoms with van der Waals surface area (Å²) in [5.74, 6) is -1.60. The molecule has 4 nitrogen and oxygen atoms in total. The molecule has 0 aliphatic carbocycles. The summed E-state index contributed by atoms with van der Waals surface area (Å²) in [6.45, 7) is 10.1. The molecule has 1 aliphatic rings. The number of amides is 1. The number of hydrogen-bond acceptors (Lipinski definition) is 3. The first-order chi connectivity index (χ1) is 14.7. The second-order valence-corrected chi connectivity index (χ2v) is 7.80. The lowest BCUT2D eigenvalue weighted by molar-refractivity contribution is 0.101. The summed E-state index contributed by atoms with van der Waals surface area (Å²) in [4.78, 5) is 16.4. The van der Waals surface area contributed by atoms with Crippen LogP contribution in [0.4, 0.5) is 14.6 Å². The number of ether oxygens (including phenoxy) is 1. The SMILES string of the molecule is CC.Cc1cc2c(cc1-c1ccc(NC(=O)c3c(F)cccc3F)nc1)CC(C)(C)O2. The number of carbonyl (C=O) groups is 1. The number of halogens is 2. The molecule has 2 heterocycles. The molecule has 1 N–H and O–H groups in total. The first kappa shape index (κ1) is 22.4. The van der Waals surface area contributed by atoms with E-state index in [9.17, 15) is 13.6 Å². The normalized spacial score (nSPS) is 13.5. The van der Waals surface area contributed by atoms with Crippen LogP contribution >= 0.6 is 0 Å². The number of nitrogens with one attached hydrogen (secondary N) is 1. The molecule has 1 aliphatic heterocycles. The van der Waals surface area contributed by atoms with Crippen LogP contribution in [0, 0.1) is 18.6 Å². The molecule has 0 atom stereocenters. The zero-order valence-electron chi connectivity index (χ0n) is 18.3. The molecule has 162 valence electrons. The third-order valence-electron chi connectivity index (χ3n) is 4.92. The maximum atomic E-state index is 13.8. The summed E-state index contributed by atoms with van der Waals surface area (Å²) < 4.78 is 33.5. The highest BCUT2D eigenvalue weighted by Crippen LogP contribution is 2.39. The van der Waals surface area contributed by atoms with Gasteiger partial charge in [-0.1, -0.05) is 19.9 Å². The molecule has 6 heteroatoms.